The van der Waals surface area contributed by atoms with Gasteiger partial charge in [-0.2, -0.15) is 0 Å². The quantitative estimate of drug-likeness (QED) is 0.0244. The lowest BCUT2D eigenvalue weighted by Crippen LogP contribution is -2.60. The Morgan fingerprint density at radius 3 is 1.81 bits per heavy atom. The number of likely N-dealkylation sites (tertiary alicyclic amines) is 1. The Labute approximate surface area is 453 Å². The van der Waals surface area contributed by atoms with Crippen LogP contribution < -0.4 is 60.2 Å². The Hall–Kier alpha value is -6.85. The second-order valence-electron chi connectivity index (χ2n) is 21.0. The highest BCUT2D eigenvalue weighted by Gasteiger charge is 2.43. The number of hydrogen-bond donors (Lipinski definition) is 12. The van der Waals surface area contributed by atoms with Crippen LogP contribution >= 0.6 is 0 Å². The highest BCUT2D eigenvalue weighted by Crippen LogP contribution is 2.22. The fraction of sp³-hybridized carbons (Fsp3) is 0.679. The van der Waals surface area contributed by atoms with Gasteiger partial charge in [0.15, 0.2) is 5.96 Å². The molecular weight excluding hydrogens is 995 g/mol. The van der Waals surface area contributed by atoms with E-state index in [-0.39, 0.29) is 87.7 Å². The van der Waals surface area contributed by atoms with Crippen LogP contribution in [0.15, 0.2) is 35.3 Å². The van der Waals surface area contributed by atoms with Gasteiger partial charge in [-0.15, -0.1) is 0 Å². The molecule has 1 aliphatic heterocycles. The maximum Gasteiger partial charge on any atom is 0.305 e. The number of amides is 9. The van der Waals surface area contributed by atoms with Crippen LogP contribution in [-0.2, 0) is 54.4 Å². The van der Waals surface area contributed by atoms with E-state index in [9.17, 15) is 53.1 Å². The van der Waals surface area contributed by atoms with Crippen molar-refractivity contribution in [2.75, 3.05) is 13.1 Å². The molecule has 24 heteroatoms. The molecule has 1 saturated heterocycles. The van der Waals surface area contributed by atoms with Crippen molar-refractivity contribution in [1.29, 1.82) is 0 Å². The van der Waals surface area contributed by atoms with E-state index in [2.05, 4.69) is 49.1 Å². The van der Waals surface area contributed by atoms with Crippen LogP contribution in [0.5, 0.6) is 0 Å². The van der Waals surface area contributed by atoms with Gasteiger partial charge in [-0.05, 0) is 68.8 Å². The summed E-state index contributed by atoms with van der Waals surface area (Å²) in [5, 5.41) is 28.4. The van der Waals surface area contributed by atoms with E-state index < -0.39 is 114 Å². The van der Waals surface area contributed by atoms with Gasteiger partial charge < -0.3 is 70.2 Å². The minimum absolute atomic E-state index is 0.0427. The number of guanidine groups is 1. The predicted octanol–water partition coefficient (Wildman–Crippen LogP) is 0.0832. The molecule has 0 aliphatic carbocycles. The summed E-state index contributed by atoms with van der Waals surface area (Å²) >= 11 is 0. The van der Waals surface area contributed by atoms with Crippen molar-refractivity contribution < 1.29 is 53.1 Å². The number of benzene rings is 1. The Bertz CT molecular complexity index is 2160. The third-order valence-corrected chi connectivity index (χ3v) is 13.2. The maximum absolute atomic E-state index is 14.6. The zero-order valence-corrected chi connectivity index (χ0v) is 46.4. The molecule has 1 fully saturated rings. The summed E-state index contributed by atoms with van der Waals surface area (Å²) in [6, 6.07) is -2.07. The first-order valence-corrected chi connectivity index (χ1v) is 27.1. The molecule has 0 saturated carbocycles. The van der Waals surface area contributed by atoms with Crippen LogP contribution in [0.4, 0.5) is 0 Å². The largest absolute Gasteiger partial charge is 0.481 e. The molecule has 0 aromatic heterocycles. The zero-order valence-electron chi connectivity index (χ0n) is 46.4. The summed E-state index contributed by atoms with van der Waals surface area (Å²) < 4.78 is 0. The van der Waals surface area contributed by atoms with E-state index in [1.54, 1.807) is 44.2 Å². The summed E-state index contributed by atoms with van der Waals surface area (Å²) in [6.07, 6.45) is 4.69. The Kier molecular flexibility index (Phi) is 29.3. The highest BCUT2D eigenvalue weighted by atomic mass is 16.4. The van der Waals surface area contributed by atoms with Crippen molar-refractivity contribution in [2.45, 2.75) is 200 Å². The molecule has 0 spiro atoms. The predicted molar refractivity (Wildman–Crippen MR) is 291 cm³/mol. The average molecular weight is 1080 g/mol. The Morgan fingerprint density at radius 2 is 1.22 bits per heavy atom. The van der Waals surface area contributed by atoms with Gasteiger partial charge >= 0.3 is 5.97 Å². The number of nitrogens with one attached hydrogen (secondary N) is 7. The smallest absolute Gasteiger partial charge is 0.305 e. The van der Waals surface area contributed by atoms with E-state index in [4.69, 9.17) is 22.9 Å². The first-order chi connectivity index (χ1) is 36.3. The van der Waals surface area contributed by atoms with E-state index in [1.165, 1.54) is 6.92 Å². The van der Waals surface area contributed by atoms with Gasteiger partial charge in [0.2, 0.25) is 53.2 Å². The fourth-order valence-electron chi connectivity index (χ4n) is 8.81. The molecule has 1 aromatic carbocycles. The van der Waals surface area contributed by atoms with Gasteiger partial charge in [0.05, 0.1) is 6.42 Å². The van der Waals surface area contributed by atoms with Crippen LogP contribution in [0, 0.1) is 17.8 Å². The number of aliphatic imine (C=N–C) groups is 1. The SMILES string of the molecule is CCCCCCCC(=O)N[C@@H](C)C(=O)N[C@@H](Cc1ccccc1)C(=O)N[C@@H](CC(C)C)C(=O)N[C@@H](CC(C)C)C(=O)N1C[C@H](N)C[C@H]1C(=O)N[C@@H](CC(=O)O)C(=O)N[C@@H](CCCN=C(N)N)C(=O)N[C@H](C(N)=O)[C@@H](C)CC. The molecule has 10 atom stereocenters. The standard InChI is InChI=1S/C53H89N13O11/c1-9-11-12-13-17-22-42(67)59-33(8)46(71)61-38(26-34-19-15-14-16-20-34)49(74)62-37(24-30(3)4)48(73)64-40(25-31(5)6)52(77)66-29-35(54)27-41(66)51(76)63-39(28-43(68)69)50(75)60-36(21-18-23-58-53(56)57)47(72)65-44(45(55)70)32(7)10-2/h14-16,19-20,30-33,35-41,44H,9-13,17-18,21-29,54H2,1-8H3,(H2,55,70)(H,59,67)(H,60,75)(H,61,71)(H,62,74)(H,63,76)(H,64,73)(H,65,72)(H,68,69)(H4,56,57,58)/t32-,33-,35+,36-,37-,38-,39-,40-,41-,44-/m0/s1. The van der Waals surface area contributed by atoms with Crippen molar-refractivity contribution in [1.82, 2.24) is 42.1 Å². The molecule has 0 radical (unpaired) electrons. The third kappa shape index (κ3) is 24.4. The summed E-state index contributed by atoms with van der Waals surface area (Å²) in [5.74, 6) is -9.09. The van der Waals surface area contributed by atoms with E-state index >= 15 is 0 Å². The zero-order chi connectivity index (χ0) is 57.9. The second kappa shape index (κ2) is 34.0. The number of aliphatic carboxylic acids is 1. The Morgan fingerprint density at radius 1 is 0.662 bits per heavy atom. The van der Waals surface area contributed by atoms with E-state index in [1.807, 2.05) is 27.7 Å². The Balaban J connectivity index is 2.40. The number of nitrogens with zero attached hydrogens (tertiary/aromatic N) is 2. The number of nitrogens with two attached hydrogens (primary N) is 4. The molecule has 1 aliphatic rings. The second-order valence-corrected chi connectivity index (χ2v) is 21.0. The first-order valence-electron chi connectivity index (χ1n) is 27.1. The first kappa shape index (κ1) is 66.3. The van der Waals surface area contributed by atoms with Crippen LogP contribution in [0.3, 0.4) is 0 Å². The summed E-state index contributed by atoms with van der Waals surface area (Å²) in [5.41, 5.74) is 23.5. The van der Waals surface area contributed by atoms with Crippen molar-refractivity contribution in [3.63, 3.8) is 0 Å². The summed E-state index contributed by atoms with van der Waals surface area (Å²) in [4.78, 5) is 141. The molecule has 16 N–H and O–H groups in total. The van der Waals surface area contributed by atoms with Gasteiger partial charge in [-0.1, -0.05) is 111 Å². The molecule has 77 heavy (non-hydrogen) atoms. The van der Waals surface area contributed by atoms with Gasteiger partial charge in [0.1, 0.15) is 48.3 Å². The lowest BCUT2D eigenvalue weighted by molar-refractivity contribution is -0.144. The average Bonchev–Trinajstić information content (AvgIpc) is 3.76. The van der Waals surface area contributed by atoms with Crippen LogP contribution in [0.25, 0.3) is 0 Å². The molecular formula is C53H89N13O11. The number of carboxylic acid groups (broad SMARTS) is 1. The summed E-state index contributed by atoms with van der Waals surface area (Å²) in [6.45, 7) is 14.3. The molecule has 9 amide bonds. The minimum Gasteiger partial charge on any atom is -0.481 e. The number of hydrogen-bond acceptors (Lipinski definition) is 12. The maximum atomic E-state index is 14.6. The molecule has 0 bridgehead atoms. The fourth-order valence-corrected chi connectivity index (χ4v) is 8.81. The molecule has 2 rings (SSSR count). The molecule has 0 unspecified atom stereocenters. The molecule has 432 valence electrons. The van der Waals surface area contributed by atoms with Gasteiger partial charge in [-0.3, -0.25) is 52.9 Å². The van der Waals surface area contributed by atoms with Crippen LogP contribution in [0.1, 0.15) is 144 Å². The minimum atomic E-state index is -1.78. The lowest BCUT2D eigenvalue weighted by atomic mass is 9.97. The van der Waals surface area contributed by atoms with Crippen molar-refractivity contribution in [3.05, 3.63) is 35.9 Å². The van der Waals surface area contributed by atoms with Crippen molar-refractivity contribution in [2.24, 2.45) is 45.7 Å². The molecule has 1 aromatic rings. The highest BCUT2D eigenvalue weighted by molar-refractivity contribution is 5.99. The summed E-state index contributed by atoms with van der Waals surface area (Å²) in [7, 11) is 0. The topological polar surface area (TPSA) is 395 Å². The van der Waals surface area contributed by atoms with Crippen molar-refractivity contribution >= 4 is 65.1 Å². The normalized spacial score (nSPS) is 17.3. The van der Waals surface area contributed by atoms with Gasteiger partial charge in [0.25, 0.3) is 0 Å². The molecule has 24 nitrogen and oxygen atoms in total. The van der Waals surface area contributed by atoms with Crippen LogP contribution in [0.2, 0.25) is 0 Å². The van der Waals surface area contributed by atoms with Crippen LogP contribution in [-0.4, -0.2) is 143 Å². The number of primary amides is 1. The number of carbonyl (C=O) groups is 10. The van der Waals surface area contributed by atoms with Gasteiger partial charge in [0, 0.05) is 32.0 Å². The monoisotopic (exact) mass is 1080 g/mol. The number of carbonyl (C=O) groups excluding carboxylic acids is 9. The number of carboxylic acids is 1. The van der Waals surface area contributed by atoms with E-state index in [0.717, 1.165) is 30.6 Å². The van der Waals surface area contributed by atoms with Crippen molar-refractivity contribution in [3.8, 4) is 0 Å². The van der Waals surface area contributed by atoms with Gasteiger partial charge in [-0.25, -0.2) is 0 Å². The lowest BCUT2D eigenvalue weighted by Gasteiger charge is -2.32. The number of unbranched alkanes of at least 4 members (excludes halogenated alkanes) is 4. The number of rotatable bonds is 35. The third-order valence-electron chi connectivity index (χ3n) is 13.2. The molecule has 1 heterocycles. The van der Waals surface area contributed by atoms with E-state index in [0.29, 0.717) is 18.4 Å².